The molecule has 0 fully saturated rings. The lowest BCUT2D eigenvalue weighted by Crippen LogP contribution is -2.10. The first-order chi connectivity index (χ1) is 10.8. The van der Waals surface area contributed by atoms with E-state index in [1.807, 2.05) is 22.8 Å². The first-order valence-corrected chi connectivity index (χ1v) is 7.51. The summed E-state index contributed by atoms with van der Waals surface area (Å²) in [6.45, 7) is 2.18. The second kappa shape index (κ2) is 9.00. The summed E-state index contributed by atoms with van der Waals surface area (Å²) in [6.07, 6.45) is 6.24. The van der Waals surface area contributed by atoms with Crippen molar-refractivity contribution in [2.45, 2.75) is 32.4 Å². The summed E-state index contributed by atoms with van der Waals surface area (Å²) in [7, 11) is 1.38. The van der Waals surface area contributed by atoms with Gasteiger partial charge in [0.25, 0.3) is 0 Å². The van der Waals surface area contributed by atoms with Crippen LogP contribution in [0.4, 0.5) is 0 Å². The highest BCUT2D eigenvalue weighted by molar-refractivity contribution is 5.87. The fraction of sp³-hybridized carbons (Fsp3) is 0.412. The molecule has 0 amide bonds. The van der Waals surface area contributed by atoms with E-state index in [1.165, 1.54) is 18.9 Å². The minimum absolute atomic E-state index is 0.344. The minimum Gasteiger partial charge on any atom is -0.464 e. The van der Waals surface area contributed by atoms with Gasteiger partial charge in [-0.05, 0) is 24.8 Å². The number of aryl methyl sites for hydroxylation is 1. The number of carbonyl (C=O) groups excluding carboxylic acids is 1. The molecule has 0 unspecified atom stereocenters. The highest BCUT2D eigenvalue weighted by Gasteiger charge is 2.10. The van der Waals surface area contributed by atoms with Crippen LogP contribution < -0.4 is 0 Å². The molecule has 0 N–H and O–H groups in total. The van der Waals surface area contributed by atoms with E-state index >= 15 is 0 Å². The number of methoxy groups -OCH3 is 1. The molecular formula is C17H22N2O3. The lowest BCUT2D eigenvalue weighted by atomic mass is 10.2. The summed E-state index contributed by atoms with van der Waals surface area (Å²) in [4.78, 5) is 15.5. The summed E-state index contributed by atoms with van der Waals surface area (Å²) in [5.41, 5.74) is 1.70. The maximum absolute atomic E-state index is 11.5. The monoisotopic (exact) mass is 302 g/mol. The molecular weight excluding hydrogens is 280 g/mol. The van der Waals surface area contributed by atoms with Crippen LogP contribution in [0, 0.1) is 0 Å². The molecule has 22 heavy (non-hydrogen) atoms. The lowest BCUT2D eigenvalue weighted by Gasteiger charge is -2.07. The van der Waals surface area contributed by atoms with Crippen molar-refractivity contribution in [3.63, 3.8) is 0 Å². The number of rotatable bonds is 9. The predicted octanol–water partition coefficient (Wildman–Crippen LogP) is 3.06. The van der Waals surface area contributed by atoms with Gasteiger partial charge in [-0.1, -0.05) is 30.3 Å². The largest absolute Gasteiger partial charge is 0.464 e. The lowest BCUT2D eigenvalue weighted by molar-refractivity contribution is 0.0588. The molecule has 0 bridgehead atoms. The number of nitrogens with zero attached hydrogens (tertiary/aromatic N) is 2. The van der Waals surface area contributed by atoms with Gasteiger partial charge in [-0.15, -0.1) is 0 Å². The zero-order valence-corrected chi connectivity index (χ0v) is 12.9. The topological polar surface area (TPSA) is 53.3 Å². The summed E-state index contributed by atoms with van der Waals surface area (Å²) in [6, 6.07) is 10.2. The second-order valence-electron chi connectivity index (χ2n) is 5.06. The second-order valence-corrected chi connectivity index (χ2v) is 5.06. The van der Waals surface area contributed by atoms with Crippen molar-refractivity contribution < 1.29 is 14.3 Å². The Morgan fingerprint density at radius 2 is 2.00 bits per heavy atom. The number of esters is 1. The maximum Gasteiger partial charge on any atom is 0.356 e. The SMILES string of the molecule is COC(=O)c1cncn1CCCCCOCc1ccccc1. The summed E-state index contributed by atoms with van der Waals surface area (Å²) < 4.78 is 12.2. The molecule has 5 nitrogen and oxygen atoms in total. The van der Waals surface area contributed by atoms with Gasteiger partial charge in [0.05, 0.1) is 26.2 Å². The number of hydrogen-bond acceptors (Lipinski definition) is 4. The van der Waals surface area contributed by atoms with E-state index in [0.717, 1.165) is 32.4 Å². The van der Waals surface area contributed by atoms with Gasteiger partial charge >= 0.3 is 5.97 Å². The Kier molecular flexibility index (Phi) is 6.64. The number of hydrogen-bond donors (Lipinski definition) is 0. The first-order valence-electron chi connectivity index (χ1n) is 7.51. The van der Waals surface area contributed by atoms with E-state index in [1.54, 1.807) is 6.33 Å². The normalized spacial score (nSPS) is 10.6. The van der Waals surface area contributed by atoms with Crippen LogP contribution in [-0.4, -0.2) is 29.2 Å². The number of imidazole rings is 1. The van der Waals surface area contributed by atoms with Crippen LogP contribution in [0.1, 0.15) is 35.3 Å². The molecule has 0 atom stereocenters. The number of carbonyl (C=O) groups is 1. The fourth-order valence-corrected chi connectivity index (χ4v) is 2.20. The third-order valence-corrected chi connectivity index (χ3v) is 3.41. The van der Waals surface area contributed by atoms with Gasteiger partial charge in [0.1, 0.15) is 5.69 Å². The van der Waals surface area contributed by atoms with Crippen molar-refractivity contribution in [3.05, 3.63) is 54.1 Å². The Balaban J connectivity index is 1.58. The van der Waals surface area contributed by atoms with Crippen molar-refractivity contribution >= 4 is 5.97 Å². The number of ether oxygens (including phenoxy) is 2. The van der Waals surface area contributed by atoms with Crippen LogP contribution in [-0.2, 0) is 22.6 Å². The Hall–Kier alpha value is -2.14. The Morgan fingerprint density at radius 3 is 2.77 bits per heavy atom. The van der Waals surface area contributed by atoms with Crippen LogP contribution in [0.15, 0.2) is 42.9 Å². The van der Waals surface area contributed by atoms with Crippen molar-refractivity contribution in [2.24, 2.45) is 0 Å². The maximum atomic E-state index is 11.5. The molecule has 0 aliphatic carbocycles. The van der Waals surface area contributed by atoms with E-state index in [-0.39, 0.29) is 5.97 Å². The van der Waals surface area contributed by atoms with Crippen LogP contribution in [0.2, 0.25) is 0 Å². The fourth-order valence-electron chi connectivity index (χ4n) is 2.20. The van der Waals surface area contributed by atoms with Crippen LogP contribution in [0.3, 0.4) is 0 Å². The van der Waals surface area contributed by atoms with Gasteiger partial charge < -0.3 is 14.0 Å². The van der Waals surface area contributed by atoms with Crippen LogP contribution in [0.5, 0.6) is 0 Å². The molecule has 0 aliphatic rings. The third-order valence-electron chi connectivity index (χ3n) is 3.41. The molecule has 5 heteroatoms. The third kappa shape index (κ3) is 5.00. The molecule has 0 spiro atoms. The molecule has 118 valence electrons. The summed E-state index contributed by atoms with van der Waals surface area (Å²) in [5.74, 6) is -0.344. The van der Waals surface area contributed by atoms with Crippen molar-refractivity contribution in [1.29, 1.82) is 0 Å². The summed E-state index contributed by atoms with van der Waals surface area (Å²) >= 11 is 0. The molecule has 0 saturated carbocycles. The van der Waals surface area contributed by atoms with E-state index < -0.39 is 0 Å². The number of aromatic nitrogens is 2. The highest BCUT2D eigenvalue weighted by atomic mass is 16.5. The predicted molar refractivity (Wildman–Crippen MR) is 83.5 cm³/mol. The Morgan fingerprint density at radius 1 is 1.18 bits per heavy atom. The first kappa shape index (κ1) is 16.2. The molecule has 0 saturated heterocycles. The van der Waals surface area contributed by atoms with Gasteiger partial charge in [0, 0.05) is 13.2 Å². The Bertz CT molecular complexity index is 566. The Labute approximate surface area is 130 Å². The van der Waals surface area contributed by atoms with Crippen molar-refractivity contribution in [2.75, 3.05) is 13.7 Å². The molecule has 2 aromatic rings. The van der Waals surface area contributed by atoms with Gasteiger partial charge in [0.15, 0.2) is 0 Å². The molecule has 2 rings (SSSR count). The number of benzene rings is 1. The van der Waals surface area contributed by atoms with E-state index in [9.17, 15) is 4.79 Å². The number of unbranched alkanes of at least 4 members (excludes halogenated alkanes) is 2. The average molecular weight is 302 g/mol. The van der Waals surface area contributed by atoms with Crippen molar-refractivity contribution in [3.8, 4) is 0 Å². The van der Waals surface area contributed by atoms with Gasteiger partial charge in [-0.3, -0.25) is 0 Å². The zero-order chi connectivity index (χ0) is 15.6. The highest BCUT2D eigenvalue weighted by Crippen LogP contribution is 2.06. The van der Waals surface area contributed by atoms with Crippen LogP contribution in [0.25, 0.3) is 0 Å². The molecule has 0 radical (unpaired) electrons. The van der Waals surface area contributed by atoms with Gasteiger partial charge in [0.2, 0.25) is 0 Å². The van der Waals surface area contributed by atoms with Crippen LogP contribution >= 0.6 is 0 Å². The van der Waals surface area contributed by atoms with E-state index in [2.05, 4.69) is 17.1 Å². The molecule has 1 aromatic carbocycles. The zero-order valence-electron chi connectivity index (χ0n) is 12.9. The quantitative estimate of drug-likeness (QED) is 0.528. The van der Waals surface area contributed by atoms with E-state index in [4.69, 9.17) is 9.47 Å². The molecule has 1 aromatic heterocycles. The average Bonchev–Trinajstić information content (AvgIpc) is 3.02. The van der Waals surface area contributed by atoms with E-state index in [0.29, 0.717) is 12.3 Å². The molecule has 1 heterocycles. The molecule has 0 aliphatic heterocycles. The minimum atomic E-state index is -0.344. The standard InChI is InChI=1S/C17H22N2O3/c1-21-17(20)16-12-18-14-19(16)10-6-3-7-11-22-13-15-8-4-2-5-9-15/h2,4-5,8-9,12,14H,3,6-7,10-11,13H2,1H3. The van der Waals surface area contributed by atoms with Gasteiger partial charge in [-0.2, -0.15) is 0 Å². The van der Waals surface area contributed by atoms with Crippen molar-refractivity contribution in [1.82, 2.24) is 9.55 Å². The smallest absolute Gasteiger partial charge is 0.356 e. The van der Waals surface area contributed by atoms with Gasteiger partial charge in [-0.25, -0.2) is 9.78 Å². The summed E-state index contributed by atoms with van der Waals surface area (Å²) in [5, 5.41) is 0.